The second-order valence-electron chi connectivity index (χ2n) is 3.84. The fourth-order valence-electron chi connectivity index (χ4n) is 1.94. The number of hydrogen-bond acceptors (Lipinski definition) is 2. The van der Waals surface area contributed by atoms with Crippen LogP contribution in [0.25, 0.3) is 0 Å². The zero-order valence-corrected chi connectivity index (χ0v) is 8.36. The lowest BCUT2D eigenvalue weighted by Crippen LogP contribution is -2.31. The van der Waals surface area contributed by atoms with E-state index in [0.717, 1.165) is 13.0 Å². The van der Waals surface area contributed by atoms with Crippen molar-refractivity contribution in [3.05, 3.63) is 35.9 Å². The van der Waals surface area contributed by atoms with Crippen LogP contribution in [0.15, 0.2) is 30.3 Å². The van der Waals surface area contributed by atoms with E-state index in [4.69, 9.17) is 10.5 Å². The van der Waals surface area contributed by atoms with Crippen molar-refractivity contribution >= 4 is 0 Å². The molecule has 0 saturated carbocycles. The highest BCUT2D eigenvalue weighted by molar-refractivity contribution is 5.19. The molecule has 0 amide bonds. The molecule has 1 aromatic carbocycles. The lowest BCUT2D eigenvalue weighted by Gasteiger charge is -2.28. The Labute approximate surface area is 85.1 Å². The average Bonchev–Trinajstić information content (AvgIpc) is 2.30. The molecule has 2 rings (SSSR count). The highest BCUT2D eigenvalue weighted by Gasteiger charge is 2.22. The van der Waals surface area contributed by atoms with Crippen LogP contribution in [0.3, 0.4) is 0 Å². The molecule has 2 heteroatoms. The summed E-state index contributed by atoms with van der Waals surface area (Å²) in [6.07, 6.45) is 3.73. The van der Waals surface area contributed by atoms with E-state index in [0.29, 0.717) is 0 Å². The van der Waals surface area contributed by atoms with Gasteiger partial charge in [0.05, 0.1) is 12.1 Å². The summed E-state index contributed by atoms with van der Waals surface area (Å²) in [6, 6.07) is 10.2. The van der Waals surface area contributed by atoms with Crippen LogP contribution >= 0.6 is 0 Å². The first-order chi connectivity index (χ1) is 6.88. The largest absolute Gasteiger partial charge is 0.376 e. The normalized spacial score (nSPS) is 24.5. The van der Waals surface area contributed by atoms with Crippen LogP contribution in [0.4, 0.5) is 0 Å². The fraction of sp³-hybridized carbons (Fsp3) is 0.500. The predicted molar refractivity (Wildman–Crippen MR) is 57.0 cm³/mol. The third-order valence-corrected chi connectivity index (χ3v) is 2.80. The van der Waals surface area contributed by atoms with Crippen molar-refractivity contribution in [2.75, 3.05) is 6.61 Å². The summed E-state index contributed by atoms with van der Waals surface area (Å²) in [5, 5.41) is 0. The molecule has 1 saturated heterocycles. The minimum Gasteiger partial charge on any atom is -0.376 e. The predicted octanol–water partition coefficient (Wildman–Crippen LogP) is 2.26. The molecular formula is C12H17NO. The van der Waals surface area contributed by atoms with Gasteiger partial charge in [0.15, 0.2) is 0 Å². The first kappa shape index (κ1) is 9.69. The lowest BCUT2D eigenvalue weighted by molar-refractivity contribution is 0.0000142. The maximum absolute atomic E-state index is 6.14. The minimum absolute atomic E-state index is 0.0384. The molecule has 1 aliphatic rings. The first-order valence-corrected chi connectivity index (χ1v) is 5.30. The molecule has 1 aliphatic heterocycles. The molecule has 2 atom stereocenters. The van der Waals surface area contributed by atoms with Crippen molar-refractivity contribution in [1.82, 2.24) is 0 Å². The van der Waals surface area contributed by atoms with E-state index in [1.54, 1.807) is 0 Å². The Balaban J connectivity index is 2.03. The Morgan fingerprint density at radius 3 is 2.64 bits per heavy atom. The molecule has 14 heavy (non-hydrogen) atoms. The van der Waals surface area contributed by atoms with Crippen LogP contribution in [0, 0.1) is 0 Å². The van der Waals surface area contributed by atoms with Gasteiger partial charge >= 0.3 is 0 Å². The van der Waals surface area contributed by atoms with Crippen LogP contribution < -0.4 is 5.73 Å². The van der Waals surface area contributed by atoms with Crippen LogP contribution in [-0.2, 0) is 4.74 Å². The molecule has 2 nitrogen and oxygen atoms in total. The molecule has 1 aromatic rings. The summed E-state index contributed by atoms with van der Waals surface area (Å²) in [5.74, 6) is 0. The van der Waals surface area contributed by atoms with Gasteiger partial charge in [0, 0.05) is 6.61 Å². The highest BCUT2D eigenvalue weighted by Crippen LogP contribution is 2.23. The van der Waals surface area contributed by atoms with Crippen molar-refractivity contribution in [2.45, 2.75) is 31.4 Å². The highest BCUT2D eigenvalue weighted by atomic mass is 16.5. The molecule has 1 heterocycles. The zero-order valence-electron chi connectivity index (χ0n) is 8.36. The van der Waals surface area contributed by atoms with Gasteiger partial charge in [-0.25, -0.2) is 0 Å². The summed E-state index contributed by atoms with van der Waals surface area (Å²) < 4.78 is 5.67. The van der Waals surface area contributed by atoms with Crippen molar-refractivity contribution < 1.29 is 4.74 Å². The number of benzene rings is 1. The Morgan fingerprint density at radius 2 is 2.00 bits per heavy atom. The van der Waals surface area contributed by atoms with Crippen LogP contribution in [0.1, 0.15) is 30.9 Å². The molecular weight excluding hydrogens is 174 g/mol. The topological polar surface area (TPSA) is 35.2 Å². The number of hydrogen-bond donors (Lipinski definition) is 1. The van der Waals surface area contributed by atoms with Crippen molar-refractivity contribution in [2.24, 2.45) is 5.73 Å². The quantitative estimate of drug-likeness (QED) is 0.778. The monoisotopic (exact) mass is 191 g/mol. The van der Waals surface area contributed by atoms with Gasteiger partial charge in [0.1, 0.15) is 0 Å². The smallest absolute Gasteiger partial charge is 0.0767 e. The Hall–Kier alpha value is -0.860. The van der Waals surface area contributed by atoms with Gasteiger partial charge in [-0.3, -0.25) is 0 Å². The Bertz CT molecular complexity index is 267. The van der Waals surface area contributed by atoms with E-state index in [1.807, 2.05) is 18.2 Å². The molecule has 0 radical (unpaired) electrons. The molecule has 0 aromatic heterocycles. The van der Waals surface area contributed by atoms with E-state index < -0.39 is 0 Å². The van der Waals surface area contributed by atoms with Gasteiger partial charge in [-0.05, 0) is 24.8 Å². The molecule has 1 unspecified atom stereocenters. The van der Waals surface area contributed by atoms with E-state index >= 15 is 0 Å². The first-order valence-electron chi connectivity index (χ1n) is 5.30. The van der Waals surface area contributed by atoms with E-state index in [9.17, 15) is 0 Å². The molecule has 1 fully saturated rings. The number of rotatable bonds is 2. The second kappa shape index (κ2) is 4.58. The molecule has 0 spiro atoms. The third-order valence-electron chi connectivity index (χ3n) is 2.80. The SMILES string of the molecule is N[C@@H](c1ccccc1)C1CCCCO1. The average molecular weight is 191 g/mol. The van der Waals surface area contributed by atoms with Crippen molar-refractivity contribution in [3.8, 4) is 0 Å². The van der Waals surface area contributed by atoms with Crippen LogP contribution in [0.2, 0.25) is 0 Å². The van der Waals surface area contributed by atoms with Crippen LogP contribution in [0.5, 0.6) is 0 Å². The minimum atomic E-state index is 0.0384. The van der Waals surface area contributed by atoms with Crippen molar-refractivity contribution in [3.63, 3.8) is 0 Å². The van der Waals surface area contributed by atoms with Gasteiger partial charge in [0.2, 0.25) is 0 Å². The van der Waals surface area contributed by atoms with Crippen molar-refractivity contribution in [1.29, 1.82) is 0 Å². The van der Waals surface area contributed by atoms with E-state index in [-0.39, 0.29) is 12.1 Å². The summed E-state index contributed by atoms with van der Waals surface area (Å²) in [4.78, 5) is 0. The maximum Gasteiger partial charge on any atom is 0.0767 e. The fourth-order valence-corrected chi connectivity index (χ4v) is 1.94. The standard InChI is InChI=1S/C12H17NO/c13-12(10-6-2-1-3-7-10)11-8-4-5-9-14-11/h1-3,6-7,11-12H,4-5,8-9,13H2/t11?,12-/m0/s1. The number of ether oxygens (including phenoxy) is 1. The van der Waals surface area contributed by atoms with E-state index in [1.165, 1.54) is 18.4 Å². The van der Waals surface area contributed by atoms with Gasteiger partial charge in [-0.15, -0.1) is 0 Å². The van der Waals surface area contributed by atoms with E-state index in [2.05, 4.69) is 12.1 Å². The Morgan fingerprint density at radius 1 is 1.21 bits per heavy atom. The molecule has 2 N–H and O–H groups in total. The summed E-state index contributed by atoms with van der Waals surface area (Å²) in [5.41, 5.74) is 7.32. The maximum atomic E-state index is 6.14. The van der Waals surface area contributed by atoms with Gasteiger partial charge in [0.25, 0.3) is 0 Å². The van der Waals surface area contributed by atoms with Gasteiger partial charge in [-0.2, -0.15) is 0 Å². The molecule has 76 valence electrons. The second-order valence-corrected chi connectivity index (χ2v) is 3.84. The summed E-state index contributed by atoms with van der Waals surface area (Å²) in [6.45, 7) is 0.866. The third kappa shape index (κ3) is 2.14. The Kier molecular flexibility index (Phi) is 3.17. The molecule has 0 aliphatic carbocycles. The summed E-state index contributed by atoms with van der Waals surface area (Å²) >= 11 is 0. The zero-order chi connectivity index (χ0) is 9.80. The lowest BCUT2D eigenvalue weighted by atomic mass is 9.97. The molecule has 0 bridgehead atoms. The summed E-state index contributed by atoms with van der Waals surface area (Å²) in [7, 11) is 0. The van der Waals surface area contributed by atoms with Gasteiger partial charge in [-0.1, -0.05) is 30.3 Å². The number of nitrogens with two attached hydrogens (primary N) is 1. The van der Waals surface area contributed by atoms with Gasteiger partial charge < -0.3 is 10.5 Å². The van der Waals surface area contributed by atoms with Crippen LogP contribution in [-0.4, -0.2) is 12.7 Å².